The lowest BCUT2D eigenvalue weighted by Gasteiger charge is -2.26. The van der Waals surface area contributed by atoms with E-state index < -0.39 is 17.8 Å². The van der Waals surface area contributed by atoms with E-state index in [0.717, 1.165) is 20.5 Å². The lowest BCUT2D eigenvalue weighted by atomic mass is 10.1. The van der Waals surface area contributed by atoms with Gasteiger partial charge in [-0.25, -0.2) is 9.69 Å². The van der Waals surface area contributed by atoms with Crippen molar-refractivity contribution in [2.75, 3.05) is 11.5 Å². The summed E-state index contributed by atoms with van der Waals surface area (Å²) in [4.78, 5) is 39.9. The predicted molar refractivity (Wildman–Crippen MR) is 175 cm³/mol. The SMILES string of the molecule is CCOc1cc(/C=C2\C(=O)NC(=O)N(c3ccc(OCc4ccccc4Cl)cc3)C2=O)cc(Br)c1OCc1ccc(Br)cc1. The molecule has 224 valence electrons. The Morgan fingerprint density at radius 2 is 1.59 bits per heavy atom. The third kappa shape index (κ3) is 7.32. The van der Waals surface area contributed by atoms with Gasteiger partial charge in [-0.05, 0) is 94.7 Å². The number of rotatable bonds is 10. The number of urea groups is 1. The third-order valence-corrected chi connectivity index (χ3v) is 7.97. The Labute approximate surface area is 275 Å². The van der Waals surface area contributed by atoms with Gasteiger partial charge in [-0.15, -0.1) is 0 Å². The molecule has 0 saturated carbocycles. The van der Waals surface area contributed by atoms with Crippen LogP contribution in [0.3, 0.4) is 0 Å². The molecule has 4 amide bonds. The van der Waals surface area contributed by atoms with Crippen molar-refractivity contribution in [2.45, 2.75) is 20.1 Å². The first kappa shape index (κ1) is 31.3. The molecule has 1 N–H and O–H groups in total. The van der Waals surface area contributed by atoms with Crippen LogP contribution in [0, 0.1) is 0 Å². The molecule has 1 fully saturated rings. The number of benzene rings is 4. The zero-order valence-corrected chi connectivity index (χ0v) is 27.2. The number of imide groups is 2. The fraction of sp³-hybridized carbons (Fsp3) is 0.121. The Balaban J connectivity index is 1.36. The lowest BCUT2D eigenvalue weighted by molar-refractivity contribution is -0.122. The first-order valence-electron chi connectivity index (χ1n) is 13.4. The Hall–Kier alpha value is -4.12. The number of ether oxygens (including phenoxy) is 3. The van der Waals surface area contributed by atoms with E-state index in [0.29, 0.717) is 45.5 Å². The summed E-state index contributed by atoms with van der Waals surface area (Å²) in [6.45, 7) is 2.75. The topological polar surface area (TPSA) is 94.2 Å². The minimum absolute atomic E-state index is 0.221. The van der Waals surface area contributed by atoms with Crippen molar-refractivity contribution in [1.82, 2.24) is 5.32 Å². The quantitative estimate of drug-likeness (QED) is 0.131. The largest absolute Gasteiger partial charge is 0.490 e. The highest BCUT2D eigenvalue weighted by molar-refractivity contribution is 9.10. The van der Waals surface area contributed by atoms with E-state index in [1.807, 2.05) is 49.4 Å². The van der Waals surface area contributed by atoms with Crippen LogP contribution >= 0.6 is 43.5 Å². The van der Waals surface area contributed by atoms with Crippen LogP contribution < -0.4 is 24.4 Å². The van der Waals surface area contributed by atoms with Crippen LogP contribution in [0.15, 0.2) is 99.4 Å². The molecule has 1 aliphatic rings. The van der Waals surface area contributed by atoms with Crippen LogP contribution in [0.2, 0.25) is 5.02 Å². The molecule has 1 saturated heterocycles. The maximum absolute atomic E-state index is 13.5. The Morgan fingerprint density at radius 3 is 2.30 bits per heavy atom. The smallest absolute Gasteiger partial charge is 0.335 e. The van der Waals surface area contributed by atoms with Crippen molar-refractivity contribution < 1.29 is 28.6 Å². The zero-order valence-electron chi connectivity index (χ0n) is 23.3. The second-order valence-corrected chi connectivity index (χ2v) is 11.7. The van der Waals surface area contributed by atoms with Crippen molar-refractivity contribution in [3.05, 3.63) is 121 Å². The molecular formula is C33H25Br2ClN2O6. The number of amides is 4. The van der Waals surface area contributed by atoms with Gasteiger partial charge in [-0.2, -0.15) is 0 Å². The average molecular weight is 741 g/mol. The van der Waals surface area contributed by atoms with E-state index in [9.17, 15) is 14.4 Å². The van der Waals surface area contributed by atoms with Gasteiger partial charge >= 0.3 is 6.03 Å². The summed E-state index contributed by atoms with van der Waals surface area (Å²) in [6.07, 6.45) is 1.41. The van der Waals surface area contributed by atoms with Crippen LogP contribution in [0.1, 0.15) is 23.6 Å². The highest BCUT2D eigenvalue weighted by Gasteiger charge is 2.37. The van der Waals surface area contributed by atoms with Gasteiger partial charge in [0.1, 0.15) is 24.5 Å². The van der Waals surface area contributed by atoms with Crippen LogP contribution in [-0.2, 0) is 22.8 Å². The van der Waals surface area contributed by atoms with Gasteiger partial charge in [0.15, 0.2) is 11.5 Å². The molecule has 0 unspecified atom stereocenters. The van der Waals surface area contributed by atoms with Crippen molar-refractivity contribution in [3.8, 4) is 17.2 Å². The molecule has 0 spiro atoms. The van der Waals surface area contributed by atoms with Crippen LogP contribution in [0.25, 0.3) is 6.08 Å². The van der Waals surface area contributed by atoms with E-state index in [1.54, 1.807) is 42.5 Å². The molecule has 0 aromatic heterocycles. The molecule has 1 aliphatic heterocycles. The normalized spacial score (nSPS) is 14.0. The summed E-state index contributed by atoms with van der Waals surface area (Å²) >= 11 is 13.2. The van der Waals surface area contributed by atoms with Gasteiger partial charge in [0.25, 0.3) is 11.8 Å². The molecule has 0 radical (unpaired) electrons. The van der Waals surface area contributed by atoms with E-state index >= 15 is 0 Å². The van der Waals surface area contributed by atoms with E-state index in [4.69, 9.17) is 25.8 Å². The number of carbonyl (C=O) groups excluding carboxylic acids is 3. The maximum atomic E-state index is 13.5. The first-order valence-corrected chi connectivity index (χ1v) is 15.4. The molecule has 5 rings (SSSR count). The number of halogens is 3. The zero-order chi connectivity index (χ0) is 31.2. The van der Waals surface area contributed by atoms with Crippen molar-refractivity contribution >= 4 is 73.1 Å². The minimum Gasteiger partial charge on any atom is -0.490 e. The highest BCUT2D eigenvalue weighted by Crippen LogP contribution is 2.38. The number of anilines is 1. The summed E-state index contributed by atoms with van der Waals surface area (Å²) in [5.74, 6) is -0.158. The number of hydrogen-bond donors (Lipinski definition) is 1. The summed E-state index contributed by atoms with van der Waals surface area (Å²) in [6, 6.07) is 24.0. The Bertz CT molecular complexity index is 1740. The molecule has 0 atom stereocenters. The molecule has 0 aliphatic carbocycles. The van der Waals surface area contributed by atoms with Gasteiger partial charge in [0.05, 0.1) is 16.8 Å². The fourth-order valence-electron chi connectivity index (χ4n) is 4.34. The molecule has 11 heteroatoms. The molecule has 1 heterocycles. The fourth-order valence-corrected chi connectivity index (χ4v) is 5.37. The van der Waals surface area contributed by atoms with Crippen molar-refractivity contribution in [3.63, 3.8) is 0 Å². The van der Waals surface area contributed by atoms with Crippen LogP contribution in [0.4, 0.5) is 10.5 Å². The van der Waals surface area contributed by atoms with E-state index in [1.165, 1.54) is 6.08 Å². The maximum Gasteiger partial charge on any atom is 0.335 e. The second kappa shape index (κ2) is 14.1. The number of barbiturate groups is 1. The molecule has 4 aromatic carbocycles. The molecule has 8 nitrogen and oxygen atoms in total. The Morgan fingerprint density at radius 1 is 0.864 bits per heavy atom. The number of nitrogens with one attached hydrogen (secondary N) is 1. The molecule has 44 heavy (non-hydrogen) atoms. The summed E-state index contributed by atoms with van der Waals surface area (Å²) in [5.41, 5.74) is 2.32. The van der Waals surface area contributed by atoms with Gasteiger partial charge < -0.3 is 14.2 Å². The van der Waals surface area contributed by atoms with Gasteiger partial charge in [0.2, 0.25) is 0 Å². The summed E-state index contributed by atoms with van der Waals surface area (Å²) in [5, 5.41) is 2.84. The molecule has 0 bridgehead atoms. The standard InChI is InChI=1S/C33H25Br2ClN2O6/c1-2-42-29-17-21(16-27(35)30(29)44-18-20-7-9-23(34)10-8-20)15-26-31(39)37-33(41)38(32(26)40)24-11-13-25(14-12-24)43-19-22-5-3-4-6-28(22)36/h3-17H,2,18-19H2,1H3,(H,37,39,41)/b26-15+. The minimum atomic E-state index is -0.852. The summed E-state index contributed by atoms with van der Waals surface area (Å²) < 4.78 is 19.2. The molecule has 4 aromatic rings. The Kier molecular flexibility index (Phi) is 10.0. The van der Waals surface area contributed by atoms with Crippen molar-refractivity contribution in [1.29, 1.82) is 0 Å². The van der Waals surface area contributed by atoms with E-state index in [-0.39, 0.29) is 17.9 Å². The second-order valence-electron chi connectivity index (χ2n) is 9.51. The van der Waals surface area contributed by atoms with Gasteiger partial charge in [-0.3, -0.25) is 14.9 Å². The van der Waals surface area contributed by atoms with Gasteiger partial charge in [0, 0.05) is 15.1 Å². The lowest BCUT2D eigenvalue weighted by Crippen LogP contribution is -2.54. The monoisotopic (exact) mass is 738 g/mol. The summed E-state index contributed by atoms with van der Waals surface area (Å²) in [7, 11) is 0. The van der Waals surface area contributed by atoms with Crippen LogP contribution in [-0.4, -0.2) is 24.5 Å². The van der Waals surface area contributed by atoms with Gasteiger partial charge in [-0.1, -0.05) is 57.9 Å². The predicted octanol–water partition coefficient (Wildman–Crippen LogP) is 8.09. The number of carbonyl (C=O) groups is 3. The number of hydrogen-bond acceptors (Lipinski definition) is 6. The molecular weight excluding hydrogens is 716 g/mol. The van der Waals surface area contributed by atoms with E-state index in [2.05, 4.69) is 37.2 Å². The number of nitrogens with zero attached hydrogens (tertiary/aromatic N) is 1. The van der Waals surface area contributed by atoms with Crippen molar-refractivity contribution in [2.24, 2.45) is 0 Å². The third-order valence-electron chi connectivity index (χ3n) is 6.49. The highest BCUT2D eigenvalue weighted by atomic mass is 79.9. The average Bonchev–Trinajstić information content (AvgIpc) is 3.00. The van der Waals surface area contributed by atoms with Crippen LogP contribution in [0.5, 0.6) is 17.2 Å². The first-order chi connectivity index (χ1) is 21.2.